The number of amides is 1. The molecule has 1 saturated heterocycles. The molecule has 31 heavy (non-hydrogen) atoms. The first-order valence-electron chi connectivity index (χ1n) is 11.0. The fourth-order valence-corrected chi connectivity index (χ4v) is 4.04. The number of benzene rings is 1. The summed E-state index contributed by atoms with van der Waals surface area (Å²) in [7, 11) is 0. The second-order valence-corrected chi connectivity index (χ2v) is 7.89. The molecule has 0 saturated carbocycles. The first-order valence-corrected chi connectivity index (χ1v) is 11.0. The number of rotatable bonds is 8. The molecule has 9 nitrogen and oxygen atoms in total. The van der Waals surface area contributed by atoms with Crippen molar-refractivity contribution in [3.05, 3.63) is 51.2 Å². The third kappa shape index (κ3) is 5.16. The number of carbonyl (C=O) groups excluding carboxylic acids is 1. The lowest BCUT2D eigenvalue weighted by molar-refractivity contribution is -0.892. The average Bonchev–Trinajstić information content (AvgIpc) is 2.77. The van der Waals surface area contributed by atoms with Crippen LogP contribution in [0, 0.1) is 0 Å². The zero-order chi connectivity index (χ0) is 22.4. The van der Waals surface area contributed by atoms with Gasteiger partial charge < -0.3 is 15.5 Å². The Bertz CT molecular complexity index is 993. The Morgan fingerprint density at radius 3 is 2.45 bits per heavy atom. The van der Waals surface area contributed by atoms with Crippen LogP contribution >= 0.6 is 0 Å². The largest absolute Gasteiger partial charge is 0.383 e. The molecule has 3 rings (SSSR count). The summed E-state index contributed by atoms with van der Waals surface area (Å²) >= 11 is 0. The topological polar surface area (TPSA) is 109 Å². The molecule has 0 spiro atoms. The molecule has 168 valence electrons. The fourth-order valence-electron chi connectivity index (χ4n) is 4.04. The molecule has 0 bridgehead atoms. The number of nitrogens with two attached hydrogens (primary N) is 1. The van der Waals surface area contributed by atoms with Crippen LogP contribution in [0.15, 0.2) is 39.9 Å². The van der Waals surface area contributed by atoms with Gasteiger partial charge in [0.15, 0.2) is 12.2 Å². The smallest absolute Gasteiger partial charge is 0.330 e. The molecule has 1 fully saturated rings. The van der Waals surface area contributed by atoms with E-state index in [1.54, 1.807) is 6.92 Å². The molecule has 4 N–H and O–H groups in total. The van der Waals surface area contributed by atoms with E-state index < -0.39 is 11.2 Å². The number of para-hydroxylation sites is 1. The van der Waals surface area contributed by atoms with Gasteiger partial charge in [0.1, 0.15) is 5.82 Å². The van der Waals surface area contributed by atoms with E-state index in [-0.39, 0.29) is 24.0 Å². The predicted molar refractivity (Wildman–Crippen MR) is 123 cm³/mol. The van der Waals surface area contributed by atoms with Crippen LogP contribution in [0.25, 0.3) is 0 Å². The summed E-state index contributed by atoms with van der Waals surface area (Å²) in [5.41, 5.74) is 6.30. The van der Waals surface area contributed by atoms with E-state index in [4.69, 9.17) is 5.73 Å². The molecule has 1 aromatic heterocycles. The number of quaternary nitrogens is 1. The van der Waals surface area contributed by atoms with Gasteiger partial charge in [-0.2, -0.15) is 0 Å². The number of carbonyl (C=O) groups is 1. The Balaban J connectivity index is 1.71. The van der Waals surface area contributed by atoms with Gasteiger partial charge in [-0.05, 0) is 25.5 Å². The maximum absolute atomic E-state index is 13.1. The van der Waals surface area contributed by atoms with Crippen molar-refractivity contribution in [2.24, 2.45) is 0 Å². The van der Waals surface area contributed by atoms with Crippen molar-refractivity contribution < 1.29 is 9.69 Å². The van der Waals surface area contributed by atoms with Crippen molar-refractivity contribution in [2.45, 2.75) is 33.2 Å². The Morgan fingerprint density at radius 2 is 1.84 bits per heavy atom. The SMILES string of the molecule is CCCCn1c(N)c(N(CC)C(=O)C[NH+]2CCN(c3ccccc3)CC2)c(=O)[nH]c1=O. The molecule has 9 heteroatoms. The van der Waals surface area contributed by atoms with E-state index in [1.165, 1.54) is 20.1 Å². The van der Waals surface area contributed by atoms with Crippen molar-refractivity contribution in [3.8, 4) is 0 Å². The molecule has 2 aromatic rings. The zero-order valence-corrected chi connectivity index (χ0v) is 18.4. The lowest BCUT2D eigenvalue weighted by atomic mass is 10.2. The molecule has 1 amide bonds. The maximum atomic E-state index is 13.1. The van der Waals surface area contributed by atoms with E-state index in [2.05, 4.69) is 22.0 Å². The Hall–Kier alpha value is -3.07. The Morgan fingerprint density at radius 1 is 1.16 bits per heavy atom. The minimum absolute atomic E-state index is 0.0568. The van der Waals surface area contributed by atoms with Gasteiger partial charge in [0.2, 0.25) is 0 Å². The molecule has 1 aliphatic rings. The monoisotopic (exact) mass is 429 g/mol. The number of piperazine rings is 1. The van der Waals surface area contributed by atoms with E-state index >= 15 is 0 Å². The number of anilines is 3. The lowest BCUT2D eigenvalue weighted by Gasteiger charge is -2.34. The van der Waals surface area contributed by atoms with Crippen molar-refractivity contribution in [1.29, 1.82) is 0 Å². The number of hydrogen-bond donors (Lipinski definition) is 3. The van der Waals surface area contributed by atoms with Gasteiger partial charge >= 0.3 is 5.69 Å². The number of nitrogen functional groups attached to an aromatic ring is 1. The summed E-state index contributed by atoms with van der Waals surface area (Å²) in [5.74, 6) is -0.107. The van der Waals surface area contributed by atoms with Crippen molar-refractivity contribution >= 4 is 23.1 Å². The third-order valence-electron chi connectivity index (χ3n) is 5.83. The van der Waals surface area contributed by atoms with E-state index in [0.717, 1.165) is 39.0 Å². The van der Waals surface area contributed by atoms with Crippen LogP contribution in [0.5, 0.6) is 0 Å². The highest BCUT2D eigenvalue weighted by Crippen LogP contribution is 2.17. The number of aromatic nitrogens is 2. The van der Waals surface area contributed by atoms with Gasteiger partial charge in [0, 0.05) is 18.8 Å². The van der Waals surface area contributed by atoms with Crippen molar-refractivity contribution in [1.82, 2.24) is 9.55 Å². The summed E-state index contributed by atoms with van der Waals surface area (Å²) in [4.78, 5) is 45.0. The maximum Gasteiger partial charge on any atom is 0.330 e. The van der Waals surface area contributed by atoms with E-state index in [9.17, 15) is 14.4 Å². The predicted octanol–water partition coefficient (Wildman–Crippen LogP) is -0.323. The minimum atomic E-state index is -0.616. The number of nitrogens with one attached hydrogen (secondary N) is 2. The minimum Gasteiger partial charge on any atom is -0.383 e. The van der Waals surface area contributed by atoms with Crippen molar-refractivity contribution in [3.63, 3.8) is 0 Å². The Kier molecular flexibility index (Phi) is 7.51. The standard InChI is InChI=1S/C22H32N6O3/c1-3-5-11-28-20(23)19(21(30)24-22(28)31)27(4-2)18(29)16-25-12-14-26(15-13-25)17-9-7-6-8-10-17/h6-10H,3-5,11-16,23H2,1-2H3,(H,24,30,31)/p+1. The highest BCUT2D eigenvalue weighted by molar-refractivity contribution is 5.96. The van der Waals surface area contributed by atoms with Gasteiger partial charge in [-0.3, -0.25) is 24.0 Å². The molecular weight excluding hydrogens is 396 g/mol. The molecule has 1 aromatic carbocycles. The number of H-pyrrole nitrogens is 1. The van der Waals surface area contributed by atoms with E-state index in [0.29, 0.717) is 13.1 Å². The molecule has 0 unspecified atom stereocenters. The summed E-state index contributed by atoms with van der Waals surface area (Å²) in [6.07, 6.45) is 1.64. The molecular formula is C22H33N6O3+. The molecule has 2 heterocycles. The average molecular weight is 430 g/mol. The molecule has 0 aliphatic carbocycles. The first kappa shape index (κ1) is 22.6. The summed E-state index contributed by atoms with van der Waals surface area (Å²) in [6.45, 7) is 8.21. The van der Waals surface area contributed by atoms with Gasteiger partial charge in [0.25, 0.3) is 11.5 Å². The fraction of sp³-hybridized carbons (Fsp3) is 0.500. The third-order valence-corrected chi connectivity index (χ3v) is 5.83. The first-order chi connectivity index (χ1) is 15.0. The highest BCUT2D eigenvalue weighted by atomic mass is 16.2. The van der Waals surface area contributed by atoms with Crippen LogP contribution in [0.3, 0.4) is 0 Å². The quantitative estimate of drug-likeness (QED) is 0.533. The second-order valence-electron chi connectivity index (χ2n) is 7.89. The van der Waals surface area contributed by atoms with Crippen molar-refractivity contribution in [2.75, 3.05) is 54.8 Å². The number of unbranched alkanes of at least 4 members (excludes halogenated alkanes) is 1. The van der Waals surface area contributed by atoms with Crippen LogP contribution in [-0.4, -0.2) is 54.7 Å². The lowest BCUT2D eigenvalue weighted by Crippen LogP contribution is -3.16. The van der Waals surface area contributed by atoms with Crippen LogP contribution < -0.4 is 31.7 Å². The normalized spacial score (nSPS) is 14.6. The Labute approximate surface area is 182 Å². The number of hydrogen-bond acceptors (Lipinski definition) is 5. The molecule has 1 aliphatic heterocycles. The number of nitrogens with zero attached hydrogens (tertiary/aromatic N) is 3. The van der Waals surface area contributed by atoms with Gasteiger partial charge in [-0.1, -0.05) is 31.5 Å². The van der Waals surface area contributed by atoms with Gasteiger partial charge in [-0.15, -0.1) is 0 Å². The highest BCUT2D eigenvalue weighted by Gasteiger charge is 2.28. The molecule has 0 atom stereocenters. The molecule has 0 radical (unpaired) electrons. The van der Waals surface area contributed by atoms with Crippen LogP contribution in [0.2, 0.25) is 0 Å². The van der Waals surface area contributed by atoms with Gasteiger partial charge in [-0.25, -0.2) is 4.79 Å². The van der Waals surface area contributed by atoms with Crippen LogP contribution in [0.1, 0.15) is 26.7 Å². The van der Waals surface area contributed by atoms with Gasteiger partial charge in [0.05, 0.1) is 26.2 Å². The number of aromatic amines is 1. The second kappa shape index (κ2) is 10.3. The zero-order valence-electron chi connectivity index (χ0n) is 18.4. The van der Waals surface area contributed by atoms with E-state index in [1.807, 2.05) is 25.1 Å². The number of likely N-dealkylation sites (N-methyl/N-ethyl adjacent to an activating group) is 1. The summed E-state index contributed by atoms with van der Waals surface area (Å²) in [6, 6.07) is 10.2. The summed E-state index contributed by atoms with van der Waals surface area (Å²) in [5, 5.41) is 0. The summed E-state index contributed by atoms with van der Waals surface area (Å²) < 4.78 is 1.35. The van der Waals surface area contributed by atoms with Crippen LogP contribution in [-0.2, 0) is 11.3 Å². The van der Waals surface area contributed by atoms with Crippen LogP contribution in [0.4, 0.5) is 17.2 Å².